The first-order valence-corrected chi connectivity index (χ1v) is 6.41. The highest BCUT2D eigenvalue weighted by Gasteiger charge is 2.38. The van der Waals surface area contributed by atoms with Gasteiger partial charge in [0.25, 0.3) is 17.5 Å². The number of rotatable bonds is 3. The predicted molar refractivity (Wildman–Crippen MR) is 77.6 cm³/mol. The monoisotopic (exact) mass is 312 g/mol. The molecule has 0 unspecified atom stereocenters. The maximum Gasteiger partial charge on any atom is 0.338 e. The van der Waals surface area contributed by atoms with Gasteiger partial charge >= 0.3 is 5.97 Å². The van der Waals surface area contributed by atoms with E-state index in [9.17, 15) is 29.6 Å². The van der Waals surface area contributed by atoms with E-state index >= 15 is 0 Å². The van der Waals surface area contributed by atoms with Crippen molar-refractivity contribution in [2.75, 3.05) is 4.90 Å². The number of carbonyl (C=O) groups excluding carboxylic acids is 2. The van der Waals surface area contributed by atoms with Gasteiger partial charge in [0.2, 0.25) is 0 Å². The number of carboxylic acid groups (broad SMARTS) is 1. The smallest absolute Gasteiger partial charge is 0.338 e. The molecule has 0 aliphatic carbocycles. The van der Waals surface area contributed by atoms with E-state index in [1.54, 1.807) is 12.1 Å². The number of amides is 2. The molecular weight excluding hydrogens is 304 g/mol. The average Bonchev–Trinajstić information content (AvgIpc) is 2.78. The minimum absolute atomic E-state index is 0.159. The number of nitro benzene ring substituents is 1. The minimum Gasteiger partial charge on any atom is -0.478 e. The summed E-state index contributed by atoms with van der Waals surface area (Å²) >= 11 is 0. The van der Waals surface area contributed by atoms with Crippen molar-refractivity contribution < 1.29 is 24.4 Å². The first kappa shape index (κ1) is 14.4. The van der Waals surface area contributed by atoms with Crippen LogP contribution in [-0.2, 0) is 0 Å². The van der Waals surface area contributed by atoms with Crippen molar-refractivity contribution in [3.63, 3.8) is 0 Å². The van der Waals surface area contributed by atoms with Crippen molar-refractivity contribution in [3.05, 3.63) is 69.3 Å². The van der Waals surface area contributed by atoms with Crippen LogP contribution < -0.4 is 4.90 Å². The molecule has 8 nitrogen and oxygen atoms in total. The van der Waals surface area contributed by atoms with Crippen LogP contribution in [0.15, 0.2) is 42.5 Å². The van der Waals surface area contributed by atoms with Crippen LogP contribution in [-0.4, -0.2) is 27.8 Å². The lowest BCUT2D eigenvalue weighted by molar-refractivity contribution is -0.384. The van der Waals surface area contributed by atoms with Crippen LogP contribution in [0.2, 0.25) is 0 Å². The molecule has 1 heterocycles. The number of nitrogens with zero attached hydrogens (tertiary/aromatic N) is 2. The second-order valence-electron chi connectivity index (χ2n) is 4.76. The Kier molecular flexibility index (Phi) is 3.14. The van der Waals surface area contributed by atoms with Crippen molar-refractivity contribution >= 4 is 29.2 Å². The summed E-state index contributed by atoms with van der Waals surface area (Å²) in [5.74, 6) is -2.80. The van der Waals surface area contributed by atoms with Crippen LogP contribution in [0.5, 0.6) is 0 Å². The number of hydrogen-bond donors (Lipinski definition) is 1. The van der Waals surface area contributed by atoms with Gasteiger partial charge < -0.3 is 5.11 Å². The zero-order valence-electron chi connectivity index (χ0n) is 11.4. The fourth-order valence-corrected chi connectivity index (χ4v) is 2.41. The molecule has 2 aromatic rings. The zero-order chi connectivity index (χ0) is 16.7. The third-order valence-corrected chi connectivity index (χ3v) is 3.46. The van der Waals surface area contributed by atoms with Crippen LogP contribution in [0.1, 0.15) is 31.1 Å². The van der Waals surface area contributed by atoms with Crippen molar-refractivity contribution in [2.45, 2.75) is 0 Å². The Bertz CT molecular complexity index is 854. The first-order chi connectivity index (χ1) is 10.9. The van der Waals surface area contributed by atoms with Gasteiger partial charge in [0.15, 0.2) is 0 Å². The predicted octanol–water partition coefficient (Wildman–Crippen LogP) is 2.09. The van der Waals surface area contributed by atoms with E-state index in [1.165, 1.54) is 12.1 Å². The highest BCUT2D eigenvalue weighted by atomic mass is 16.6. The Hall–Kier alpha value is -3.55. The summed E-state index contributed by atoms with van der Waals surface area (Å²) in [6.45, 7) is 0. The lowest BCUT2D eigenvalue weighted by atomic mass is 10.1. The van der Waals surface area contributed by atoms with Crippen molar-refractivity contribution in [1.29, 1.82) is 0 Å². The Balaban J connectivity index is 2.17. The van der Waals surface area contributed by atoms with E-state index in [-0.39, 0.29) is 16.8 Å². The summed E-state index contributed by atoms with van der Waals surface area (Å²) in [7, 11) is 0. The second kappa shape index (κ2) is 5.02. The number of aromatic carboxylic acids is 1. The molecule has 0 aromatic heterocycles. The Morgan fingerprint density at radius 2 is 1.61 bits per heavy atom. The maximum absolute atomic E-state index is 12.4. The fraction of sp³-hybridized carbons (Fsp3) is 0. The fourth-order valence-electron chi connectivity index (χ4n) is 2.41. The Morgan fingerprint density at radius 1 is 1.04 bits per heavy atom. The van der Waals surface area contributed by atoms with Gasteiger partial charge in [-0.25, -0.2) is 9.69 Å². The van der Waals surface area contributed by atoms with E-state index < -0.39 is 34.0 Å². The molecule has 2 aromatic carbocycles. The third-order valence-electron chi connectivity index (χ3n) is 3.46. The number of hydrogen-bond acceptors (Lipinski definition) is 5. The number of carboxylic acids is 1. The first-order valence-electron chi connectivity index (χ1n) is 6.41. The summed E-state index contributed by atoms with van der Waals surface area (Å²) in [6, 6.07) is 9.04. The number of fused-ring (bicyclic) bond motifs is 1. The number of imide groups is 1. The average molecular weight is 312 g/mol. The van der Waals surface area contributed by atoms with Crippen LogP contribution in [0.3, 0.4) is 0 Å². The van der Waals surface area contributed by atoms with E-state index in [4.69, 9.17) is 0 Å². The van der Waals surface area contributed by atoms with Crippen molar-refractivity contribution in [3.8, 4) is 0 Å². The Labute approximate surface area is 128 Å². The molecule has 0 saturated heterocycles. The van der Waals surface area contributed by atoms with Gasteiger partial charge in [-0.1, -0.05) is 12.1 Å². The largest absolute Gasteiger partial charge is 0.478 e. The molecule has 1 N–H and O–H groups in total. The van der Waals surface area contributed by atoms with Gasteiger partial charge in [-0.15, -0.1) is 0 Å². The molecule has 0 saturated carbocycles. The summed E-state index contributed by atoms with van der Waals surface area (Å²) in [5.41, 5.74) is -0.815. The molecule has 3 rings (SSSR count). The molecule has 0 spiro atoms. The van der Waals surface area contributed by atoms with E-state index in [2.05, 4.69) is 0 Å². The second-order valence-corrected chi connectivity index (χ2v) is 4.76. The van der Waals surface area contributed by atoms with Gasteiger partial charge in [-0.2, -0.15) is 0 Å². The highest BCUT2D eigenvalue weighted by molar-refractivity contribution is 6.35. The lowest BCUT2D eigenvalue weighted by Gasteiger charge is -2.16. The molecule has 0 atom stereocenters. The number of nitro groups is 1. The molecule has 0 bridgehead atoms. The van der Waals surface area contributed by atoms with Crippen molar-refractivity contribution in [1.82, 2.24) is 0 Å². The normalized spacial score (nSPS) is 13.1. The van der Waals surface area contributed by atoms with E-state index in [0.717, 1.165) is 23.1 Å². The number of anilines is 1. The summed E-state index contributed by atoms with van der Waals surface area (Å²) in [4.78, 5) is 46.9. The van der Waals surface area contributed by atoms with Crippen LogP contribution in [0, 0.1) is 10.1 Å². The molecule has 0 fully saturated rings. The number of non-ortho nitro benzene ring substituents is 1. The van der Waals surface area contributed by atoms with Gasteiger partial charge in [0.05, 0.1) is 27.3 Å². The van der Waals surface area contributed by atoms with E-state index in [0.29, 0.717) is 0 Å². The van der Waals surface area contributed by atoms with Gasteiger partial charge in [-0.3, -0.25) is 19.7 Å². The molecule has 23 heavy (non-hydrogen) atoms. The molecule has 0 radical (unpaired) electrons. The van der Waals surface area contributed by atoms with Gasteiger partial charge in [0.1, 0.15) is 0 Å². The molecule has 8 heteroatoms. The third kappa shape index (κ3) is 2.13. The quantitative estimate of drug-likeness (QED) is 0.526. The van der Waals surface area contributed by atoms with Crippen molar-refractivity contribution in [2.24, 2.45) is 0 Å². The topological polar surface area (TPSA) is 118 Å². The molecule has 114 valence electrons. The summed E-state index contributed by atoms with van der Waals surface area (Å²) < 4.78 is 0. The van der Waals surface area contributed by atoms with Crippen LogP contribution in [0.4, 0.5) is 11.4 Å². The molecule has 1 aliphatic rings. The standard InChI is InChI=1S/C15H8N2O6/c18-13-9-3-1-2-4-10(9)14(19)16(13)12-6-5-8(17(22)23)7-11(12)15(20)21/h1-7H,(H,20,21). The zero-order valence-corrected chi connectivity index (χ0v) is 11.4. The van der Waals surface area contributed by atoms with Crippen LogP contribution in [0.25, 0.3) is 0 Å². The van der Waals surface area contributed by atoms with E-state index in [1.807, 2.05) is 0 Å². The van der Waals surface area contributed by atoms with Crippen LogP contribution >= 0.6 is 0 Å². The summed E-state index contributed by atoms with van der Waals surface area (Å²) in [5, 5.41) is 20.0. The van der Waals surface area contributed by atoms with Gasteiger partial charge in [-0.05, 0) is 18.2 Å². The minimum atomic E-state index is -1.47. The maximum atomic E-state index is 12.4. The lowest BCUT2D eigenvalue weighted by Crippen LogP contribution is -2.31. The number of carbonyl (C=O) groups is 3. The Morgan fingerprint density at radius 3 is 2.09 bits per heavy atom. The molecule has 1 aliphatic heterocycles. The molecular formula is C15H8N2O6. The van der Waals surface area contributed by atoms with Gasteiger partial charge in [0, 0.05) is 12.1 Å². The molecule has 2 amide bonds. The summed E-state index contributed by atoms with van der Waals surface area (Å²) in [6.07, 6.45) is 0. The highest BCUT2D eigenvalue weighted by Crippen LogP contribution is 2.32. The SMILES string of the molecule is O=C(O)c1cc([N+](=O)[O-])ccc1N1C(=O)c2ccccc2C1=O. The number of benzene rings is 2.